The Bertz CT molecular complexity index is 419. The number of unbranched alkanes of at least 4 members (excludes halogenated alkanes) is 3. The number of aromatic nitrogens is 1. The average Bonchev–Trinajstić information content (AvgIpc) is 2.68. The lowest BCUT2D eigenvalue weighted by molar-refractivity contribution is 0.444. The predicted octanol–water partition coefficient (Wildman–Crippen LogP) is 3.95. The Kier molecular flexibility index (Phi) is 3.38. The molecule has 0 bridgehead atoms. The lowest BCUT2D eigenvalue weighted by Crippen LogP contribution is -1.86. The maximum Gasteiger partial charge on any atom is 0.167 e. The Labute approximate surface area is 90.3 Å². The highest BCUT2D eigenvalue weighted by Crippen LogP contribution is 2.19. The Hall–Kier alpha value is -1.31. The van der Waals surface area contributed by atoms with Gasteiger partial charge < -0.3 is 4.52 Å². The van der Waals surface area contributed by atoms with E-state index in [1.165, 1.54) is 31.1 Å². The van der Waals surface area contributed by atoms with Gasteiger partial charge in [-0.15, -0.1) is 0 Å². The summed E-state index contributed by atoms with van der Waals surface area (Å²) in [5.41, 5.74) is 2.02. The molecule has 0 atom stereocenters. The minimum Gasteiger partial charge on any atom is -0.356 e. The predicted molar refractivity (Wildman–Crippen MR) is 61.9 cm³/mol. The highest BCUT2D eigenvalue weighted by molar-refractivity contribution is 5.79. The SMILES string of the molecule is CCCCCCc1noc2ccccc12. The number of hydrogen-bond acceptors (Lipinski definition) is 2. The van der Waals surface area contributed by atoms with Crippen LogP contribution in [0.15, 0.2) is 28.8 Å². The number of para-hydroxylation sites is 1. The summed E-state index contributed by atoms with van der Waals surface area (Å²) in [6, 6.07) is 8.07. The van der Waals surface area contributed by atoms with Crippen LogP contribution in [0, 0.1) is 0 Å². The van der Waals surface area contributed by atoms with Crippen molar-refractivity contribution in [2.75, 3.05) is 0 Å². The van der Waals surface area contributed by atoms with Gasteiger partial charge >= 0.3 is 0 Å². The van der Waals surface area contributed by atoms with Crippen LogP contribution in [0.2, 0.25) is 0 Å². The van der Waals surface area contributed by atoms with Gasteiger partial charge in [-0.25, -0.2) is 0 Å². The number of nitrogens with zero attached hydrogens (tertiary/aromatic N) is 1. The zero-order valence-electron chi connectivity index (χ0n) is 9.20. The van der Waals surface area contributed by atoms with Gasteiger partial charge in [0.2, 0.25) is 0 Å². The molecule has 2 nitrogen and oxygen atoms in total. The Balaban J connectivity index is 2.02. The molecule has 0 spiro atoms. The van der Waals surface area contributed by atoms with Gasteiger partial charge in [0.15, 0.2) is 5.58 Å². The quantitative estimate of drug-likeness (QED) is 0.688. The van der Waals surface area contributed by atoms with Gasteiger partial charge in [0.1, 0.15) is 0 Å². The first-order valence-electron chi connectivity index (χ1n) is 5.75. The Morgan fingerprint density at radius 1 is 1.13 bits per heavy atom. The van der Waals surface area contributed by atoms with E-state index < -0.39 is 0 Å². The third-order valence-corrected chi connectivity index (χ3v) is 2.72. The third kappa shape index (κ3) is 2.38. The van der Waals surface area contributed by atoms with Crippen molar-refractivity contribution < 1.29 is 4.52 Å². The second-order valence-electron chi connectivity index (χ2n) is 3.94. The van der Waals surface area contributed by atoms with E-state index in [1.54, 1.807) is 0 Å². The summed E-state index contributed by atoms with van der Waals surface area (Å²) in [7, 11) is 0. The average molecular weight is 203 g/mol. The van der Waals surface area contributed by atoms with Crippen LogP contribution in [0.4, 0.5) is 0 Å². The molecule has 2 heteroatoms. The van der Waals surface area contributed by atoms with E-state index >= 15 is 0 Å². The van der Waals surface area contributed by atoms with E-state index in [0.29, 0.717) is 0 Å². The maximum atomic E-state index is 5.26. The Morgan fingerprint density at radius 2 is 2.00 bits per heavy atom. The Morgan fingerprint density at radius 3 is 2.87 bits per heavy atom. The molecular weight excluding hydrogens is 186 g/mol. The van der Waals surface area contributed by atoms with Gasteiger partial charge in [-0.3, -0.25) is 0 Å². The molecule has 80 valence electrons. The first-order valence-corrected chi connectivity index (χ1v) is 5.75. The maximum absolute atomic E-state index is 5.26. The second kappa shape index (κ2) is 4.96. The molecule has 0 aliphatic heterocycles. The summed E-state index contributed by atoms with van der Waals surface area (Å²) in [4.78, 5) is 0. The number of aryl methyl sites for hydroxylation is 1. The van der Waals surface area contributed by atoms with Crippen molar-refractivity contribution in [1.82, 2.24) is 5.16 Å². The molecule has 2 aromatic rings. The molecule has 1 aromatic heterocycles. The number of hydrogen-bond donors (Lipinski definition) is 0. The minimum atomic E-state index is 0.906. The molecule has 0 radical (unpaired) electrons. The summed E-state index contributed by atoms with van der Waals surface area (Å²) in [5.74, 6) is 0. The van der Waals surface area contributed by atoms with Crippen molar-refractivity contribution >= 4 is 11.0 Å². The molecule has 2 rings (SSSR count). The molecule has 15 heavy (non-hydrogen) atoms. The fourth-order valence-electron chi connectivity index (χ4n) is 1.84. The van der Waals surface area contributed by atoms with Crippen LogP contribution in [-0.2, 0) is 6.42 Å². The van der Waals surface area contributed by atoms with Crippen LogP contribution in [-0.4, -0.2) is 5.16 Å². The van der Waals surface area contributed by atoms with Crippen LogP contribution < -0.4 is 0 Å². The van der Waals surface area contributed by atoms with Crippen LogP contribution >= 0.6 is 0 Å². The van der Waals surface area contributed by atoms with Gasteiger partial charge in [0, 0.05) is 5.39 Å². The topological polar surface area (TPSA) is 26.0 Å². The van der Waals surface area contributed by atoms with Crippen molar-refractivity contribution in [3.63, 3.8) is 0 Å². The van der Waals surface area contributed by atoms with E-state index in [9.17, 15) is 0 Å². The van der Waals surface area contributed by atoms with Crippen molar-refractivity contribution in [3.8, 4) is 0 Å². The molecule has 0 aliphatic rings. The van der Waals surface area contributed by atoms with E-state index in [-0.39, 0.29) is 0 Å². The summed E-state index contributed by atoms with van der Waals surface area (Å²) in [5, 5.41) is 5.29. The molecule has 1 heterocycles. The number of benzene rings is 1. The standard InChI is InChI=1S/C13H17NO/c1-2-3-4-5-9-12-11-8-6-7-10-13(11)15-14-12/h6-8,10H,2-5,9H2,1H3. The fraction of sp³-hybridized carbons (Fsp3) is 0.462. The zero-order chi connectivity index (χ0) is 10.5. The number of fused-ring (bicyclic) bond motifs is 1. The van der Waals surface area contributed by atoms with Crippen LogP contribution in [0.5, 0.6) is 0 Å². The van der Waals surface area contributed by atoms with Crippen LogP contribution in [0.1, 0.15) is 38.3 Å². The molecule has 0 amide bonds. The molecule has 0 unspecified atom stereocenters. The summed E-state index contributed by atoms with van der Waals surface area (Å²) in [6.07, 6.45) is 6.13. The van der Waals surface area contributed by atoms with Crippen LogP contribution in [0.3, 0.4) is 0 Å². The van der Waals surface area contributed by atoms with Gasteiger partial charge in [0.05, 0.1) is 5.69 Å². The molecular formula is C13H17NO. The van der Waals surface area contributed by atoms with E-state index in [4.69, 9.17) is 4.52 Å². The van der Waals surface area contributed by atoms with Crippen molar-refractivity contribution in [2.45, 2.75) is 39.0 Å². The zero-order valence-corrected chi connectivity index (χ0v) is 9.20. The molecule has 1 aromatic carbocycles. The van der Waals surface area contributed by atoms with E-state index in [0.717, 1.165) is 17.7 Å². The summed E-state index contributed by atoms with van der Waals surface area (Å²) >= 11 is 0. The van der Waals surface area contributed by atoms with Gasteiger partial charge in [0.25, 0.3) is 0 Å². The van der Waals surface area contributed by atoms with Crippen molar-refractivity contribution in [1.29, 1.82) is 0 Å². The molecule has 0 aliphatic carbocycles. The molecule has 0 N–H and O–H groups in total. The fourth-order valence-corrected chi connectivity index (χ4v) is 1.84. The first kappa shape index (κ1) is 10.2. The smallest absolute Gasteiger partial charge is 0.167 e. The van der Waals surface area contributed by atoms with E-state index in [2.05, 4.69) is 18.1 Å². The second-order valence-corrected chi connectivity index (χ2v) is 3.94. The highest BCUT2D eigenvalue weighted by Gasteiger charge is 2.05. The number of rotatable bonds is 5. The molecule has 0 saturated heterocycles. The largest absolute Gasteiger partial charge is 0.356 e. The van der Waals surface area contributed by atoms with Crippen molar-refractivity contribution in [3.05, 3.63) is 30.0 Å². The summed E-state index contributed by atoms with van der Waals surface area (Å²) < 4.78 is 5.26. The minimum absolute atomic E-state index is 0.906. The third-order valence-electron chi connectivity index (χ3n) is 2.72. The monoisotopic (exact) mass is 203 g/mol. The van der Waals surface area contributed by atoms with Gasteiger partial charge in [-0.2, -0.15) is 0 Å². The molecule has 0 fully saturated rings. The van der Waals surface area contributed by atoms with E-state index in [1.807, 2.05) is 18.2 Å². The van der Waals surface area contributed by atoms with Gasteiger partial charge in [-0.05, 0) is 25.0 Å². The molecule has 0 saturated carbocycles. The van der Waals surface area contributed by atoms with Crippen LogP contribution in [0.25, 0.3) is 11.0 Å². The first-order chi connectivity index (χ1) is 7.42. The normalized spacial score (nSPS) is 11.0. The lowest BCUT2D eigenvalue weighted by atomic mass is 10.1. The lowest BCUT2D eigenvalue weighted by Gasteiger charge is -1.96. The van der Waals surface area contributed by atoms with Gasteiger partial charge in [-0.1, -0.05) is 43.5 Å². The highest BCUT2D eigenvalue weighted by atomic mass is 16.5. The van der Waals surface area contributed by atoms with Crippen molar-refractivity contribution in [2.24, 2.45) is 0 Å². The summed E-state index contributed by atoms with van der Waals surface area (Å²) in [6.45, 7) is 2.23.